The Labute approximate surface area is 243 Å². The molecule has 2 N–H and O–H groups in total. The van der Waals surface area contributed by atoms with Gasteiger partial charge in [0, 0.05) is 30.7 Å². The molecule has 0 unspecified atom stereocenters. The maximum atomic E-state index is 14.0. The number of likely N-dealkylation sites (tertiary alicyclic amines) is 1. The fourth-order valence-corrected chi connectivity index (χ4v) is 6.44. The number of benzene rings is 3. The Balaban J connectivity index is 1.12. The van der Waals surface area contributed by atoms with Crippen molar-refractivity contribution in [3.05, 3.63) is 104 Å². The van der Waals surface area contributed by atoms with Crippen LogP contribution in [0.2, 0.25) is 5.02 Å². The minimum absolute atomic E-state index is 0.107. The Morgan fingerprint density at radius 3 is 2.07 bits per heavy atom. The normalized spacial score (nSPS) is 17.9. The number of hydrogen-bond donors (Lipinski definition) is 2. The van der Waals surface area contributed by atoms with Crippen LogP contribution in [0.15, 0.2) is 71.5 Å². The largest absolute Gasteiger partial charge is 0.326 e. The van der Waals surface area contributed by atoms with Crippen LogP contribution >= 0.6 is 11.6 Å². The van der Waals surface area contributed by atoms with Crippen molar-refractivity contribution >= 4 is 34.6 Å². The van der Waals surface area contributed by atoms with Gasteiger partial charge < -0.3 is 15.2 Å². The summed E-state index contributed by atoms with van der Waals surface area (Å²) in [4.78, 5) is 46.6. The van der Waals surface area contributed by atoms with Crippen molar-refractivity contribution < 1.29 is 9.59 Å². The smallest absolute Gasteiger partial charge is 0.315 e. The van der Waals surface area contributed by atoms with E-state index in [0.717, 1.165) is 65.8 Å². The standard InChI is InChI=1S/C32H34ClN5O3/c1-21-4-8-23(9-5-21)32(24-10-6-22(2)7-11-24)29(39)37(31(41)35-32)17-3-16-36-18-14-26(15-19-36)38-28-13-12-25(33)20-27(28)34-30(38)40/h4-13,20,26H,3,14-19H2,1-2H3,(H,34,40)(H,35,41). The predicted octanol–water partition coefficient (Wildman–Crippen LogP) is 5.12. The number of piperidine rings is 1. The highest BCUT2D eigenvalue weighted by Gasteiger charge is 2.53. The van der Waals surface area contributed by atoms with Crippen molar-refractivity contribution in [1.29, 1.82) is 0 Å². The van der Waals surface area contributed by atoms with Gasteiger partial charge in [0.1, 0.15) is 0 Å². The van der Waals surface area contributed by atoms with Crippen molar-refractivity contribution in [3.63, 3.8) is 0 Å². The second-order valence-electron chi connectivity index (χ2n) is 11.3. The lowest BCUT2D eigenvalue weighted by Gasteiger charge is -2.32. The Morgan fingerprint density at radius 2 is 1.46 bits per heavy atom. The van der Waals surface area contributed by atoms with Crippen LogP contribution in [-0.2, 0) is 10.3 Å². The number of imidazole rings is 1. The monoisotopic (exact) mass is 571 g/mol. The molecule has 0 aliphatic carbocycles. The van der Waals surface area contributed by atoms with Gasteiger partial charge in [-0.15, -0.1) is 0 Å². The molecular formula is C32H34ClN5O3. The van der Waals surface area contributed by atoms with Gasteiger partial charge in [-0.2, -0.15) is 0 Å². The van der Waals surface area contributed by atoms with Crippen molar-refractivity contribution in [2.45, 2.75) is 44.7 Å². The molecule has 9 heteroatoms. The number of amides is 3. The minimum Gasteiger partial charge on any atom is -0.315 e. The number of urea groups is 1. The summed E-state index contributed by atoms with van der Waals surface area (Å²) in [5, 5.41) is 3.65. The number of carbonyl (C=O) groups excluding carboxylic acids is 2. The van der Waals surface area contributed by atoms with Crippen LogP contribution in [0.4, 0.5) is 4.79 Å². The molecule has 2 saturated heterocycles. The molecule has 2 aliphatic heterocycles. The average molecular weight is 572 g/mol. The maximum absolute atomic E-state index is 14.0. The number of aromatic nitrogens is 2. The number of imide groups is 1. The minimum atomic E-state index is -1.24. The molecule has 0 saturated carbocycles. The van der Waals surface area contributed by atoms with Gasteiger partial charge in [-0.25, -0.2) is 9.59 Å². The fourth-order valence-electron chi connectivity index (χ4n) is 6.26. The van der Waals surface area contributed by atoms with Crippen molar-refractivity contribution in [2.24, 2.45) is 0 Å². The SMILES string of the molecule is Cc1ccc(C2(c3ccc(C)cc3)NC(=O)N(CCCN3CCC(n4c(=O)[nH]c5cc(Cl)ccc54)CC3)C2=O)cc1. The zero-order valence-electron chi connectivity index (χ0n) is 23.3. The highest BCUT2D eigenvalue weighted by molar-refractivity contribution is 6.31. The number of hydrogen-bond acceptors (Lipinski definition) is 4. The van der Waals surface area contributed by atoms with E-state index in [2.05, 4.69) is 15.2 Å². The zero-order chi connectivity index (χ0) is 28.7. The summed E-state index contributed by atoms with van der Waals surface area (Å²) in [6.07, 6.45) is 2.37. The number of halogens is 1. The molecule has 3 amide bonds. The summed E-state index contributed by atoms with van der Waals surface area (Å²) in [6, 6.07) is 20.8. The third-order valence-electron chi connectivity index (χ3n) is 8.53. The van der Waals surface area contributed by atoms with E-state index in [1.807, 2.05) is 79.1 Å². The van der Waals surface area contributed by atoms with E-state index < -0.39 is 5.54 Å². The quantitative estimate of drug-likeness (QED) is 0.301. The summed E-state index contributed by atoms with van der Waals surface area (Å²) >= 11 is 6.10. The molecule has 0 radical (unpaired) electrons. The molecule has 4 aromatic rings. The predicted molar refractivity (Wildman–Crippen MR) is 160 cm³/mol. The van der Waals surface area contributed by atoms with Gasteiger partial charge in [-0.3, -0.25) is 14.3 Å². The molecule has 212 valence electrons. The number of nitrogens with zero attached hydrogens (tertiary/aromatic N) is 3. The Hall–Kier alpha value is -3.88. The van der Waals surface area contributed by atoms with Crippen molar-refractivity contribution in [3.8, 4) is 0 Å². The van der Waals surface area contributed by atoms with E-state index >= 15 is 0 Å². The Morgan fingerprint density at radius 1 is 0.854 bits per heavy atom. The van der Waals surface area contributed by atoms with E-state index in [-0.39, 0.29) is 23.7 Å². The number of fused-ring (bicyclic) bond motifs is 1. The first kappa shape index (κ1) is 27.3. The first-order valence-electron chi connectivity index (χ1n) is 14.2. The van der Waals surface area contributed by atoms with Gasteiger partial charge in [-0.1, -0.05) is 71.3 Å². The zero-order valence-corrected chi connectivity index (χ0v) is 24.1. The fraction of sp³-hybridized carbons (Fsp3) is 0.344. The van der Waals surface area contributed by atoms with Crippen LogP contribution in [-0.4, -0.2) is 57.5 Å². The number of rotatable bonds is 7. The lowest BCUT2D eigenvalue weighted by atomic mass is 9.82. The van der Waals surface area contributed by atoms with Crippen LogP contribution in [0.5, 0.6) is 0 Å². The molecule has 3 heterocycles. The van der Waals surface area contributed by atoms with E-state index in [0.29, 0.717) is 18.0 Å². The van der Waals surface area contributed by atoms with Gasteiger partial charge in [0.15, 0.2) is 5.54 Å². The summed E-state index contributed by atoms with van der Waals surface area (Å²) in [5.41, 5.74) is 3.97. The number of aryl methyl sites for hydroxylation is 2. The highest BCUT2D eigenvalue weighted by atomic mass is 35.5. The second kappa shape index (κ2) is 10.8. The maximum Gasteiger partial charge on any atom is 0.326 e. The van der Waals surface area contributed by atoms with Crippen LogP contribution in [0.1, 0.15) is 47.6 Å². The summed E-state index contributed by atoms with van der Waals surface area (Å²) in [7, 11) is 0. The summed E-state index contributed by atoms with van der Waals surface area (Å²) < 4.78 is 1.85. The van der Waals surface area contributed by atoms with E-state index in [1.54, 1.807) is 6.07 Å². The molecule has 1 aromatic heterocycles. The van der Waals surface area contributed by atoms with Crippen LogP contribution < -0.4 is 11.0 Å². The first-order valence-corrected chi connectivity index (χ1v) is 14.5. The van der Waals surface area contributed by atoms with E-state index in [4.69, 9.17) is 11.6 Å². The molecule has 0 spiro atoms. The Kier molecular flexibility index (Phi) is 7.21. The van der Waals surface area contributed by atoms with Gasteiger partial charge in [0.25, 0.3) is 5.91 Å². The average Bonchev–Trinajstić information content (AvgIpc) is 3.42. The molecule has 3 aromatic carbocycles. The van der Waals surface area contributed by atoms with Gasteiger partial charge >= 0.3 is 11.7 Å². The number of aromatic amines is 1. The van der Waals surface area contributed by atoms with Gasteiger partial charge in [0.05, 0.1) is 11.0 Å². The van der Waals surface area contributed by atoms with Crippen LogP contribution in [0.3, 0.4) is 0 Å². The van der Waals surface area contributed by atoms with E-state index in [9.17, 15) is 14.4 Å². The third-order valence-corrected chi connectivity index (χ3v) is 8.77. The molecule has 6 rings (SSSR count). The van der Waals surface area contributed by atoms with Gasteiger partial charge in [0.2, 0.25) is 0 Å². The van der Waals surface area contributed by atoms with Crippen LogP contribution in [0, 0.1) is 13.8 Å². The third kappa shape index (κ3) is 4.96. The van der Waals surface area contributed by atoms with Gasteiger partial charge in [-0.05, 0) is 69.0 Å². The van der Waals surface area contributed by atoms with Crippen LogP contribution in [0.25, 0.3) is 11.0 Å². The lowest BCUT2D eigenvalue weighted by Crippen LogP contribution is -2.45. The molecule has 8 nitrogen and oxygen atoms in total. The Bertz CT molecular complexity index is 1600. The second-order valence-corrected chi connectivity index (χ2v) is 11.7. The number of H-pyrrole nitrogens is 1. The summed E-state index contributed by atoms with van der Waals surface area (Å²) in [6.45, 7) is 6.79. The topological polar surface area (TPSA) is 90.4 Å². The van der Waals surface area contributed by atoms with Crippen molar-refractivity contribution in [1.82, 2.24) is 24.7 Å². The number of carbonyl (C=O) groups is 2. The van der Waals surface area contributed by atoms with Crippen molar-refractivity contribution in [2.75, 3.05) is 26.2 Å². The molecule has 2 fully saturated rings. The molecule has 41 heavy (non-hydrogen) atoms. The molecule has 2 aliphatic rings. The molecule has 0 atom stereocenters. The number of nitrogens with one attached hydrogen (secondary N) is 2. The summed E-state index contributed by atoms with van der Waals surface area (Å²) in [5.74, 6) is -0.243. The van der Waals surface area contributed by atoms with E-state index in [1.165, 1.54) is 4.90 Å². The highest BCUT2D eigenvalue weighted by Crippen LogP contribution is 2.36. The lowest BCUT2D eigenvalue weighted by molar-refractivity contribution is -0.130. The molecular weight excluding hydrogens is 538 g/mol. The first-order chi connectivity index (χ1) is 19.8. The molecule has 0 bridgehead atoms.